The molecule has 0 aliphatic heterocycles. The van der Waals surface area contributed by atoms with Crippen molar-refractivity contribution in [2.75, 3.05) is 5.32 Å². The fourth-order valence-corrected chi connectivity index (χ4v) is 0.962. The van der Waals surface area contributed by atoms with Crippen molar-refractivity contribution in [3.05, 3.63) is 29.8 Å². The van der Waals surface area contributed by atoms with Crippen LogP contribution in [0.15, 0.2) is 24.3 Å². The Labute approximate surface area is 89.3 Å². The number of ketones is 1. The minimum absolute atomic E-state index is 0.146. The molecule has 0 aliphatic rings. The second-order valence-corrected chi connectivity index (χ2v) is 3.09. The van der Waals surface area contributed by atoms with Crippen LogP contribution in [0.3, 0.4) is 0 Å². The third-order valence-corrected chi connectivity index (χ3v) is 1.79. The maximum absolute atomic E-state index is 12.2. The summed E-state index contributed by atoms with van der Waals surface area (Å²) in [4.78, 5) is 21.5. The molecule has 16 heavy (non-hydrogen) atoms. The van der Waals surface area contributed by atoms with Crippen molar-refractivity contribution in [3.63, 3.8) is 0 Å². The SMILES string of the molecule is CC(=O)C(=O)Nc1ccc(C(F)(F)F)cc1. The van der Waals surface area contributed by atoms with E-state index in [-0.39, 0.29) is 5.69 Å². The van der Waals surface area contributed by atoms with Crippen LogP contribution in [0.4, 0.5) is 18.9 Å². The van der Waals surface area contributed by atoms with E-state index in [0.717, 1.165) is 31.2 Å². The molecule has 0 saturated carbocycles. The van der Waals surface area contributed by atoms with E-state index in [1.807, 2.05) is 0 Å². The normalized spacial score (nSPS) is 11.0. The number of rotatable bonds is 2. The first kappa shape index (κ1) is 12.2. The quantitative estimate of drug-likeness (QED) is 0.793. The van der Waals surface area contributed by atoms with E-state index >= 15 is 0 Å². The molecule has 0 heterocycles. The van der Waals surface area contributed by atoms with E-state index in [1.165, 1.54) is 0 Å². The van der Waals surface area contributed by atoms with Gasteiger partial charge >= 0.3 is 6.18 Å². The van der Waals surface area contributed by atoms with Gasteiger partial charge in [0.1, 0.15) is 0 Å². The van der Waals surface area contributed by atoms with E-state index in [2.05, 4.69) is 5.32 Å². The molecule has 1 N–H and O–H groups in total. The zero-order valence-electron chi connectivity index (χ0n) is 8.26. The largest absolute Gasteiger partial charge is 0.416 e. The standard InChI is InChI=1S/C10H8F3NO2/c1-6(15)9(16)14-8-4-2-7(3-5-8)10(11,12)13/h2-5H,1H3,(H,14,16). The molecule has 0 aliphatic carbocycles. The molecule has 0 radical (unpaired) electrons. The lowest BCUT2D eigenvalue weighted by atomic mass is 10.2. The lowest BCUT2D eigenvalue weighted by molar-refractivity contribution is -0.137. The summed E-state index contributed by atoms with van der Waals surface area (Å²) in [6, 6.07) is 3.83. The van der Waals surface area contributed by atoms with Crippen molar-refractivity contribution in [2.24, 2.45) is 0 Å². The van der Waals surface area contributed by atoms with Crippen LogP contribution in [-0.2, 0) is 15.8 Å². The summed E-state index contributed by atoms with van der Waals surface area (Å²) in [5.74, 6) is -1.57. The molecule has 0 saturated heterocycles. The highest BCUT2D eigenvalue weighted by Gasteiger charge is 2.29. The lowest BCUT2D eigenvalue weighted by Gasteiger charge is -2.07. The summed E-state index contributed by atoms with van der Waals surface area (Å²) in [7, 11) is 0. The number of anilines is 1. The van der Waals surface area contributed by atoms with Gasteiger partial charge in [0.2, 0.25) is 5.78 Å². The van der Waals surface area contributed by atoms with Crippen LogP contribution in [0.5, 0.6) is 0 Å². The van der Waals surface area contributed by atoms with Gasteiger partial charge in [-0.05, 0) is 24.3 Å². The summed E-state index contributed by atoms with van der Waals surface area (Å²) in [5, 5.41) is 2.16. The van der Waals surface area contributed by atoms with E-state index in [4.69, 9.17) is 0 Å². The fraction of sp³-hybridized carbons (Fsp3) is 0.200. The average Bonchev–Trinajstić information content (AvgIpc) is 2.17. The molecule has 6 heteroatoms. The highest BCUT2D eigenvalue weighted by Crippen LogP contribution is 2.29. The summed E-state index contributed by atoms with van der Waals surface area (Å²) in [6.07, 6.45) is -4.41. The minimum Gasteiger partial charge on any atom is -0.319 e. The van der Waals surface area contributed by atoms with E-state index in [9.17, 15) is 22.8 Å². The van der Waals surface area contributed by atoms with Gasteiger partial charge in [0.15, 0.2) is 0 Å². The number of carbonyl (C=O) groups excluding carboxylic acids is 2. The van der Waals surface area contributed by atoms with Crippen LogP contribution in [0.1, 0.15) is 12.5 Å². The Morgan fingerprint density at radius 2 is 1.62 bits per heavy atom. The van der Waals surface area contributed by atoms with Crippen LogP contribution >= 0.6 is 0 Å². The molecule has 0 unspecified atom stereocenters. The molecule has 86 valence electrons. The van der Waals surface area contributed by atoms with Crippen LogP contribution in [0, 0.1) is 0 Å². The van der Waals surface area contributed by atoms with Gasteiger partial charge in [-0.1, -0.05) is 0 Å². The summed E-state index contributed by atoms with van der Waals surface area (Å²) < 4.78 is 36.5. The van der Waals surface area contributed by atoms with Crippen molar-refractivity contribution in [1.29, 1.82) is 0 Å². The lowest BCUT2D eigenvalue weighted by Crippen LogP contribution is -2.19. The molecule has 1 aromatic rings. The first-order chi connectivity index (χ1) is 7.30. The minimum atomic E-state index is -4.41. The maximum Gasteiger partial charge on any atom is 0.416 e. The number of amides is 1. The summed E-state index contributed by atoms with van der Waals surface area (Å²) >= 11 is 0. The van der Waals surface area contributed by atoms with Gasteiger partial charge in [0, 0.05) is 12.6 Å². The van der Waals surface area contributed by atoms with Gasteiger partial charge in [-0.2, -0.15) is 13.2 Å². The van der Waals surface area contributed by atoms with Crippen molar-refractivity contribution >= 4 is 17.4 Å². The Bertz CT molecular complexity index is 409. The monoisotopic (exact) mass is 231 g/mol. The van der Waals surface area contributed by atoms with Gasteiger partial charge in [-0.3, -0.25) is 9.59 Å². The number of hydrogen-bond acceptors (Lipinski definition) is 2. The smallest absolute Gasteiger partial charge is 0.319 e. The summed E-state index contributed by atoms with van der Waals surface area (Å²) in [5.41, 5.74) is -0.665. The number of alkyl halides is 3. The number of hydrogen-bond donors (Lipinski definition) is 1. The van der Waals surface area contributed by atoms with Gasteiger partial charge in [-0.15, -0.1) is 0 Å². The van der Waals surface area contributed by atoms with E-state index in [0.29, 0.717) is 0 Å². The first-order valence-corrected chi connectivity index (χ1v) is 4.30. The molecule has 0 atom stereocenters. The molecule has 1 aromatic carbocycles. The zero-order chi connectivity index (χ0) is 12.3. The van der Waals surface area contributed by atoms with Crippen LogP contribution in [-0.4, -0.2) is 11.7 Å². The van der Waals surface area contributed by atoms with E-state index < -0.39 is 23.4 Å². The third kappa shape index (κ3) is 3.08. The number of benzene rings is 1. The van der Waals surface area contributed by atoms with Crippen LogP contribution in [0.25, 0.3) is 0 Å². The Kier molecular flexibility index (Phi) is 3.31. The average molecular weight is 231 g/mol. The van der Waals surface area contributed by atoms with E-state index in [1.54, 1.807) is 0 Å². The van der Waals surface area contributed by atoms with Gasteiger partial charge in [0.05, 0.1) is 5.56 Å². The molecule has 1 amide bonds. The van der Waals surface area contributed by atoms with Crippen molar-refractivity contribution in [3.8, 4) is 0 Å². The first-order valence-electron chi connectivity index (χ1n) is 4.30. The van der Waals surface area contributed by atoms with Gasteiger partial charge in [-0.25, -0.2) is 0 Å². The maximum atomic E-state index is 12.2. The molecule has 0 bridgehead atoms. The molecule has 0 spiro atoms. The molecule has 1 rings (SSSR count). The molecule has 3 nitrogen and oxygen atoms in total. The van der Waals surface area contributed by atoms with Gasteiger partial charge in [0.25, 0.3) is 5.91 Å². The predicted molar refractivity (Wildman–Crippen MR) is 50.8 cm³/mol. The Balaban J connectivity index is 2.80. The highest BCUT2D eigenvalue weighted by molar-refractivity contribution is 6.39. The number of halogens is 3. The fourth-order valence-electron chi connectivity index (χ4n) is 0.962. The van der Waals surface area contributed by atoms with Crippen molar-refractivity contribution in [1.82, 2.24) is 0 Å². The zero-order valence-corrected chi connectivity index (χ0v) is 8.26. The summed E-state index contributed by atoms with van der Waals surface area (Å²) in [6.45, 7) is 1.07. The van der Waals surface area contributed by atoms with Gasteiger partial charge < -0.3 is 5.32 Å². The molecule has 0 aromatic heterocycles. The Hall–Kier alpha value is -1.85. The Morgan fingerprint density at radius 1 is 1.12 bits per heavy atom. The second kappa shape index (κ2) is 4.34. The van der Waals surface area contributed by atoms with Crippen LogP contribution in [0.2, 0.25) is 0 Å². The van der Waals surface area contributed by atoms with Crippen molar-refractivity contribution < 1.29 is 22.8 Å². The Morgan fingerprint density at radius 3 is 2.00 bits per heavy atom. The molecule has 0 fully saturated rings. The number of carbonyl (C=O) groups is 2. The molecular formula is C10H8F3NO2. The van der Waals surface area contributed by atoms with Crippen LogP contribution < -0.4 is 5.32 Å². The highest BCUT2D eigenvalue weighted by atomic mass is 19.4. The topological polar surface area (TPSA) is 46.2 Å². The third-order valence-electron chi connectivity index (χ3n) is 1.79. The number of Topliss-reactive ketones (excluding diaryl/α,β-unsaturated/α-hetero) is 1. The molecular weight excluding hydrogens is 223 g/mol. The van der Waals surface area contributed by atoms with Crippen molar-refractivity contribution in [2.45, 2.75) is 13.1 Å². The second-order valence-electron chi connectivity index (χ2n) is 3.09. The predicted octanol–water partition coefficient (Wildman–Crippen LogP) is 2.23. The number of nitrogens with one attached hydrogen (secondary N) is 1.